The van der Waals surface area contributed by atoms with Crippen molar-refractivity contribution < 1.29 is 15.0 Å². The van der Waals surface area contributed by atoms with Crippen molar-refractivity contribution in [2.75, 3.05) is 0 Å². The van der Waals surface area contributed by atoms with Crippen LogP contribution in [-0.2, 0) is 0 Å². The molecule has 0 saturated heterocycles. The van der Waals surface area contributed by atoms with Crippen molar-refractivity contribution in [3.63, 3.8) is 0 Å². The van der Waals surface area contributed by atoms with Crippen LogP contribution in [0.4, 0.5) is 0 Å². The van der Waals surface area contributed by atoms with Gasteiger partial charge in [-0.2, -0.15) is 0 Å². The number of carboxylic acids is 1. The summed E-state index contributed by atoms with van der Waals surface area (Å²) in [7, 11) is -3.62. The van der Waals surface area contributed by atoms with Crippen LogP contribution < -0.4 is 10.4 Å². The van der Waals surface area contributed by atoms with Crippen LogP contribution in [0.15, 0.2) is 12.1 Å². The average Bonchev–Trinajstić information content (AvgIpc) is 2.13. The number of hydrogen-bond acceptors (Lipinski definition) is 2. The maximum atomic E-state index is 11.4. The third kappa shape index (κ3) is 2.84. The third-order valence-corrected chi connectivity index (χ3v) is 7.19. The van der Waals surface area contributed by atoms with Gasteiger partial charge < -0.3 is 10.2 Å². The van der Waals surface area contributed by atoms with Crippen molar-refractivity contribution >= 4 is 32.5 Å². The summed E-state index contributed by atoms with van der Waals surface area (Å²) >= 11 is 0. The van der Waals surface area contributed by atoms with Crippen molar-refractivity contribution in [2.45, 2.75) is 39.3 Å². The van der Waals surface area contributed by atoms with Gasteiger partial charge >= 0.3 is 5.97 Å². The first-order chi connectivity index (χ1) is 7.96. The molecule has 0 spiro atoms. The van der Waals surface area contributed by atoms with Crippen LogP contribution in [0.5, 0.6) is 5.75 Å². The Bertz CT molecular complexity index is 482. The van der Waals surface area contributed by atoms with E-state index in [1.165, 1.54) is 12.1 Å². The van der Waals surface area contributed by atoms with Crippen molar-refractivity contribution in [2.24, 2.45) is 0 Å². The normalized spacial score (nSPS) is 12.6. The van der Waals surface area contributed by atoms with Crippen LogP contribution in [0.1, 0.15) is 10.4 Å². The number of carbonyl (C=O) groups is 1. The number of hydrogen-bond donors (Lipinski definition) is 2. The topological polar surface area (TPSA) is 57.5 Å². The Labute approximate surface area is 110 Å². The summed E-state index contributed by atoms with van der Waals surface area (Å²) < 4.78 is 0. The predicted molar refractivity (Wildman–Crippen MR) is 81.0 cm³/mol. The lowest BCUT2D eigenvalue weighted by Gasteiger charge is -2.30. The standard InChI is InChI=1S/C13H22O3Si2/c1-17(2,3)11-9(13(15)16)7-8-10(14)12(11)18(4,5)6/h7-8,14H,1-6H3,(H,15,16). The van der Waals surface area contributed by atoms with Gasteiger partial charge in [0.05, 0.1) is 21.7 Å². The summed E-state index contributed by atoms with van der Waals surface area (Å²) in [5, 5.41) is 21.4. The molecule has 0 amide bonds. The maximum absolute atomic E-state index is 11.4. The zero-order valence-electron chi connectivity index (χ0n) is 12.0. The van der Waals surface area contributed by atoms with Crippen molar-refractivity contribution in [1.29, 1.82) is 0 Å². The molecule has 2 N–H and O–H groups in total. The fraction of sp³-hybridized carbons (Fsp3) is 0.462. The summed E-state index contributed by atoms with van der Waals surface area (Å²) in [5.41, 5.74) is 0.365. The van der Waals surface area contributed by atoms with Crippen molar-refractivity contribution in [3.05, 3.63) is 17.7 Å². The van der Waals surface area contributed by atoms with Gasteiger partial charge in [0.15, 0.2) is 0 Å². The average molecular weight is 282 g/mol. The van der Waals surface area contributed by atoms with E-state index in [0.717, 1.165) is 10.4 Å². The summed E-state index contributed by atoms with van der Waals surface area (Å²) in [5.74, 6) is -0.636. The lowest BCUT2D eigenvalue weighted by Crippen LogP contribution is -2.58. The van der Waals surface area contributed by atoms with Gasteiger partial charge in [-0.15, -0.1) is 0 Å². The second-order valence-corrected chi connectivity index (χ2v) is 16.7. The Kier molecular flexibility index (Phi) is 3.79. The molecule has 0 aliphatic carbocycles. The minimum atomic E-state index is -1.83. The van der Waals surface area contributed by atoms with Gasteiger partial charge in [-0.25, -0.2) is 4.79 Å². The van der Waals surface area contributed by atoms with E-state index in [1.54, 1.807) is 0 Å². The number of aromatic hydroxyl groups is 1. The second kappa shape index (κ2) is 4.55. The van der Waals surface area contributed by atoms with Crippen molar-refractivity contribution in [1.82, 2.24) is 0 Å². The van der Waals surface area contributed by atoms with Crippen LogP contribution in [0.2, 0.25) is 39.3 Å². The number of carboxylic acid groups (broad SMARTS) is 1. The van der Waals surface area contributed by atoms with Gasteiger partial charge in [-0.1, -0.05) is 39.3 Å². The summed E-state index contributed by atoms with van der Waals surface area (Å²) in [4.78, 5) is 11.4. The largest absolute Gasteiger partial charge is 0.508 e. The molecule has 0 atom stereocenters. The molecule has 3 nitrogen and oxygen atoms in total. The van der Waals surface area contributed by atoms with E-state index in [0.29, 0.717) is 5.56 Å². The Morgan fingerprint density at radius 1 is 0.944 bits per heavy atom. The van der Waals surface area contributed by atoms with Gasteiger partial charge in [0, 0.05) is 0 Å². The second-order valence-electron chi connectivity index (χ2n) is 6.69. The smallest absolute Gasteiger partial charge is 0.335 e. The predicted octanol–water partition coefficient (Wildman–Crippen LogP) is 2.18. The number of rotatable bonds is 3. The molecule has 0 aliphatic heterocycles. The highest BCUT2D eigenvalue weighted by Gasteiger charge is 2.33. The molecule has 0 radical (unpaired) electrons. The Hall–Kier alpha value is -1.08. The molecule has 0 aliphatic rings. The molecular weight excluding hydrogens is 260 g/mol. The SMILES string of the molecule is C[Si](C)(C)c1c(O)ccc(C(=O)O)c1[Si](C)(C)C. The Balaban J connectivity index is 3.79. The first-order valence-corrected chi connectivity index (χ1v) is 13.1. The van der Waals surface area contributed by atoms with Gasteiger partial charge in [0.1, 0.15) is 5.75 Å². The molecule has 100 valence electrons. The fourth-order valence-corrected chi connectivity index (χ4v) is 8.17. The van der Waals surface area contributed by atoms with Gasteiger partial charge in [-0.3, -0.25) is 0 Å². The molecule has 0 aromatic heterocycles. The molecule has 5 heteroatoms. The Morgan fingerprint density at radius 3 is 1.72 bits per heavy atom. The van der Waals surface area contributed by atoms with E-state index in [9.17, 15) is 15.0 Å². The molecule has 0 unspecified atom stereocenters. The van der Waals surface area contributed by atoms with E-state index in [4.69, 9.17) is 0 Å². The quantitative estimate of drug-likeness (QED) is 0.836. The number of aromatic carboxylic acids is 1. The third-order valence-electron chi connectivity index (χ3n) is 2.91. The molecule has 1 rings (SSSR count). The van der Waals surface area contributed by atoms with Crippen LogP contribution in [-0.4, -0.2) is 32.3 Å². The van der Waals surface area contributed by atoms with E-state index in [2.05, 4.69) is 39.3 Å². The summed E-state index contributed by atoms with van der Waals surface area (Å²) in [6.45, 7) is 12.8. The molecule has 18 heavy (non-hydrogen) atoms. The molecule has 0 bridgehead atoms. The highest BCUT2D eigenvalue weighted by molar-refractivity contribution is 6.99. The van der Waals surface area contributed by atoms with Crippen LogP contribution in [0.3, 0.4) is 0 Å². The highest BCUT2D eigenvalue weighted by Crippen LogP contribution is 2.17. The van der Waals surface area contributed by atoms with E-state index < -0.39 is 22.1 Å². The minimum Gasteiger partial charge on any atom is -0.508 e. The number of benzene rings is 1. The minimum absolute atomic E-state index is 0.261. The van der Waals surface area contributed by atoms with Crippen LogP contribution >= 0.6 is 0 Å². The maximum Gasteiger partial charge on any atom is 0.335 e. The summed E-state index contributed by atoms with van der Waals surface area (Å²) in [6, 6.07) is 3.07. The fourth-order valence-electron chi connectivity index (χ4n) is 2.31. The molecule has 0 saturated carbocycles. The van der Waals surface area contributed by atoms with E-state index >= 15 is 0 Å². The number of phenolic OH excluding ortho intramolecular Hbond substituents is 1. The van der Waals surface area contributed by atoms with Crippen molar-refractivity contribution in [3.8, 4) is 5.75 Å². The molecular formula is C13H22O3Si2. The molecule has 1 aromatic carbocycles. The van der Waals surface area contributed by atoms with Crippen LogP contribution in [0, 0.1) is 0 Å². The van der Waals surface area contributed by atoms with E-state index in [1.807, 2.05) is 0 Å². The zero-order valence-corrected chi connectivity index (χ0v) is 14.0. The highest BCUT2D eigenvalue weighted by atomic mass is 28.3. The first-order valence-electron chi connectivity index (χ1n) is 6.06. The monoisotopic (exact) mass is 282 g/mol. The lowest BCUT2D eigenvalue weighted by atomic mass is 10.2. The number of phenols is 1. The molecule has 1 aromatic rings. The molecule has 0 heterocycles. The van der Waals surface area contributed by atoms with E-state index in [-0.39, 0.29) is 5.75 Å². The molecule has 0 fully saturated rings. The first kappa shape index (κ1) is 15.0. The lowest BCUT2D eigenvalue weighted by molar-refractivity contribution is 0.0698. The van der Waals surface area contributed by atoms with Gasteiger partial charge in [-0.05, 0) is 22.5 Å². The van der Waals surface area contributed by atoms with Gasteiger partial charge in [0.25, 0.3) is 0 Å². The zero-order chi connectivity index (χ0) is 14.3. The summed E-state index contributed by atoms with van der Waals surface area (Å²) in [6.07, 6.45) is 0. The Morgan fingerprint density at radius 2 is 1.39 bits per heavy atom. The van der Waals surface area contributed by atoms with Crippen LogP contribution in [0.25, 0.3) is 0 Å². The van der Waals surface area contributed by atoms with Gasteiger partial charge in [0.2, 0.25) is 0 Å².